The molecular formula is C40H60I2O5Si2. The van der Waals surface area contributed by atoms with Gasteiger partial charge in [0.2, 0.25) is 0 Å². The van der Waals surface area contributed by atoms with Crippen LogP contribution in [0.15, 0.2) is 72.1 Å². The zero-order valence-corrected chi connectivity index (χ0v) is 36.8. The van der Waals surface area contributed by atoms with E-state index in [1.165, 1.54) is 64.2 Å². The van der Waals surface area contributed by atoms with Crippen LogP contribution in [0.1, 0.15) is 123 Å². The van der Waals surface area contributed by atoms with Gasteiger partial charge in [-0.1, -0.05) is 112 Å². The van der Waals surface area contributed by atoms with Crippen LogP contribution in [0.5, 0.6) is 0 Å². The summed E-state index contributed by atoms with van der Waals surface area (Å²) >= 11 is 4.35. The Bertz CT molecular complexity index is 1200. The number of ether oxygens (including phenoxy) is 2. The molecule has 0 aromatic heterocycles. The van der Waals surface area contributed by atoms with Crippen LogP contribution in [0.3, 0.4) is 0 Å². The van der Waals surface area contributed by atoms with Crippen molar-refractivity contribution in [3.05, 3.63) is 90.3 Å². The van der Waals surface area contributed by atoms with Crippen molar-refractivity contribution in [3.63, 3.8) is 0 Å². The summed E-state index contributed by atoms with van der Waals surface area (Å²) in [6.45, 7) is 10.3. The van der Waals surface area contributed by atoms with E-state index in [1.807, 2.05) is 48.5 Å². The Morgan fingerprint density at radius 3 is 1.22 bits per heavy atom. The highest BCUT2D eigenvalue weighted by atomic mass is 127. The normalized spacial score (nSPS) is 12.2. The first-order chi connectivity index (χ1) is 23.5. The lowest BCUT2D eigenvalue weighted by Crippen LogP contribution is -2.42. The molecule has 0 N–H and O–H groups in total. The van der Waals surface area contributed by atoms with Crippen molar-refractivity contribution in [2.45, 2.75) is 129 Å². The summed E-state index contributed by atoms with van der Waals surface area (Å²) in [5, 5.41) is 0. The van der Waals surface area contributed by atoms with E-state index in [0.29, 0.717) is 24.3 Å². The van der Waals surface area contributed by atoms with Crippen LogP contribution in [-0.2, 0) is 13.6 Å². The molecule has 0 atom stereocenters. The van der Waals surface area contributed by atoms with E-state index < -0.39 is 16.6 Å². The summed E-state index contributed by atoms with van der Waals surface area (Å²) in [5.74, 6) is -0.424. The van der Waals surface area contributed by atoms with E-state index in [2.05, 4.69) is 94.9 Å². The third-order valence-electron chi connectivity index (χ3n) is 8.25. The number of esters is 2. The third-order valence-corrected chi connectivity index (χ3v) is 16.4. The zero-order chi connectivity index (χ0) is 35.8. The minimum Gasteiger partial charge on any atom is -0.462 e. The van der Waals surface area contributed by atoms with Gasteiger partial charge >= 0.3 is 11.9 Å². The number of unbranched alkanes of at least 4 members (excludes halogenated alkanes) is 14. The van der Waals surface area contributed by atoms with Gasteiger partial charge in [-0.15, -0.1) is 0 Å². The Hall–Kier alpha value is -1.29. The Morgan fingerprint density at radius 2 is 0.857 bits per heavy atom. The molecule has 49 heavy (non-hydrogen) atoms. The van der Waals surface area contributed by atoms with Gasteiger partial charge < -0.3 is 13.6 Å². The largest absolute Gasteiger partial charge is 0.462 e. The number of hydrogen-bond donors (Lipinski definition) is 0. The van der Waals surface area contributed by atoms with Crippen LogP contribution in [-0.4, -0.2) is 41.8 Å². The highest BCUT2D eigenvalue weighted by molar-refractivity contribution is 14.1. The molecule has 0 aliphatic heterocycles. The Morgan fingerprint density at radius 1 is 0.531 bits per heavy atom. The van der Waals surface area contributed by atoms with Crippen molar-refractivity contribution in [2.75, 3.05) is 13.2 Å². The number of allylic oxidation sites excluding steroid dienone is 2. The number of hydrogen-bond acceptors (Lipinski definition) is 5. The lowest BCUT2D eigenvalue weighted by atomic mass is 10.1. The highest BCUT2D eigenvalue weighted by Crippen LogP contribution is 2.19. The molecule has 0 saturated heterocycles. The van der Waals surface area contributed by atoms with Crippen molar-refractivity contribution < 1.29 is 23.2 Å². The van der Waals surface area contributed by atoms with Gasteiger partial charge in [-0.3, -0.25) is 0 Å². The molecule has 2 aromatic carbocycles. The molecule has 0 bridgehead atoms. The van der Waals surface area contributed by atoms with Gasteiger partial charge in [-0.05, 0) is 134 Å². The van der Waals surface area contributed by atoms with Gasteiger partial charge in [-0.2, -0.15) is 0 Å². The maximum Gasteiger partial charge on any atom is 0.339 e. The molecule has 0 unspecified atom stereocenters. The van der Waals surface area contributed by atoms with Gasteiger partial charge in [0.1, 0.15) is 0 Å². The maximum absolute atomic E-state index is 12.2. The first-order valence-electron chi connectivity index (χ1n) is 18.4. The summed E-state index contributed by atoms with van der Waals surface area (Å²) in [7, 11) is -3.65. The molecule has 0 radical (unpaired) electrons. The standard InChI is InChI=1S/C40H60I2O5Si2/c1-48(2,33-25-17-13-9-5-7-11-15-23-31-45-39(43)35-27-19-21-29-37(35)41)47-49(3,4)34-26-18-14-10-6-8-12-16-24-32-46-40(44)36-28-20-22-30-38(36)42/h19-22,25-30,33-34H,5-18,23-24,31-32H2,1-4H3/b33-25+,34-26+. The van der Waals surface area contributed by atoms with Crippen LogP contribution in [0.25, 0.3) is 0 Å². The van der Waals surface area contributed by atoms with Gasteiger partial charge in [0.05, 0.1) is 24.3 Å². The third kappa shape index (κ3) is 21.0. The second kappa shape index (κ2) is 25.6. The van der Waals surface area contributed by atoms with E-state index >= 15 is 0 Å². The minimum atomic E-state index is -1.83. The Labute approximate surface area is 327 Å². The molecule has 9 heteroatoms. The lowest BCUT2D eigenvalue weighted by Gasteiger charge is -2.29. The average Bonchev–Trinajstić information content (AvgIpc) is 3.05. The first-order valence-corrected chi connectivity index (χ1v) is 26.5. The Balaban J connectivity index is 1.42. The van der Waals surface area contributed by atoms with E-state index in [0.717, 1.165) is 45.7 Å². The van der Waals surface area contributed by atoms with E-state index in [9.17, 15) is 9.59 Å². The number of carbonyl (C=O) groups is 2. The minimum absolute atomic E-state index is 0.212. The smallest absolute Gasteiger partial charge is 0.339 e. The van der Waals surface area contributed by atoms with Crippen LogP contribution in [0.4, 0.5) is 0 Å². The Kier molecular flexibility index (Phi) is 23.0. The van der Waals surface area contributed by atoms with Crippen molar-refractivity contribution >= 4 is 73.8 Å². The van der Waals surface area contributed by atoms with Crippen molar-refractivity contribution in [1.82, 2.24) is 0 Å². The molecule has 2 aromatic rings. The van der Waals surface area contributed by atoms with Crippen molar-refractivity contribution in [2.24, 2.45) is 0 Å². The fourth-order valence-electron chi connectivity index (χ4n) is 5.72. The zero-order valence-electron chi connectivity index (χ0n) is 30.5. The molecule has 0 fully saturated rings. The topological polar surface area (TPSA) is 61.8 Å². The predicted octanol–water partition coefficient (Wildman–Crippen LogP) is 12.8. The molecule has 272 valence electrons. The highest BCUT2D eigenvalue weighted by Gasteiger charge is 2.29. The van der Waals surface area contributed by atoms with Crippen LogP contribution in [0.2, 0.25) is 26.2 Å². The molecule has 0 aliphatic carbocycles. The summed E-state index contributed by atoms with van der Waals surface area (Å²) in [6, 6.07) is 15.1. The maximum atomic E-state index is 12.2. The summed E-state index contributed by atoms with van der Waals surface area (Å²) in [5.41, 5.74) is 6.10. The lowest BCUT2D eigenvalue weighted by molar-refractivity contribution is 0.0487. The fourth-order valence-corrected chi connectivity index (χ4v) is 14.4. The van der Waals surface area contributed by atoms with Crippen LogP contribution < -0.4 is 0 Å². The number of halogens is 2. The second-order valence-corrected chi connectivity index (χ2v) is 24.1. The molecule has 5 nitrogen and oxygen atoms in total. The molecule has 0 heterocycles. The molecule has 0 amide bonds. The van der Waals surface area contributed by atoms with Gasteiger partial charge in [-0.25, -0.2) is 9.59 Å². The van der Waals surface area contributed by atoms with E-state index in [1.54, 1.807) is 0 Å². The monoisotopic (exact) mass is 930 g/mol. The number of rotatable bonds is 26. The average molecular weight is 931 g/mol. The molecule has 0 saturated carbocycles. The summed E-state index contributed by atoms with van der Waals surface area (Å²) in [6.07, 6.45) is 23.5. The van der Waals surface area contributed by atoms with Gasteiger partial charge in [0.25, 0.3) is 0 Å². The molecule has 0 spiro atoms. The number of carbonyl (C=O) groups excluding carboxylic acids is 2. The predicted molar refractivity (Wildman–Crippen MR) is 227 cm³/mol. The van der Waals surface area contributed by atoms with Gasteiger partial charge in [0, 0.05) is 7.14 Å². The van der Waals surface area contributed by atoms with Gasteiger partial charge in [0.15, 0.2) is 16.6 Å². The quantitative estimate of drug-likeness (QED) is 0.0407. The first kappa shape index (κ1) is 43.9. The van der Waals surface area contributed by atoms with E-state index in [4.69, 9.17) is 13.6 Å². The molecular weight excluding hydrogens is 870 g/mol. The SMILES string of the molecule is C[Si](C)(/C=C/CCCCCCCCCOC(=O)c1ccccc1I)O[Si](C)(C)/C=C/CCCCCCCCCOC(=O)c1ccccc1I. The summed E-state index contributed by atoms with van der Waals surface area (Å²) < 4.78 is 19.5. The van der Waals surface area contributed by atoms with Crippen molar-refractivity contribution in [1.29, 1.82) is 0 Å². The van der Waals surface area contributed by atoms with E-state index in [-0.39, 0.29) is 11.9 Å². The second-order valence-electron chi connectivity index (χ2n) is 13.9. The van der Waals surface area contributed by atoms with Crippen LogP contribution in [0, 0.1) is 7.14 Å². The van der Waals surface area contributed by atoms with Crippen LogP contribution >= 0.6 is 45.2 Å². The fraction of sp³-hybridized carbons (Fsp3) is 0.550. The molecule has 0 aliphatic rings. The van der Waals surface area contributed by atoms with Crippen molar-refractivity contribution in [3.8, 4) is 0 Å². The number of benzene rings is 2. The summed E-state index contributed by atoms with van der Waals surface area (Å²) in [4.78, 5) is 24.3. The molecule has 2 rings (SSSR count).